The van der Waals surface area contributed by atoms with Gasteiger partial charge < -0.3 is 26.0 Å². The van der Waals surface area contributed by atoms with Crippen molar-refractivity contribution in [1.82, 2.24) is 21.3 Å². The molecule has 2 heterocycles. The van der Waals surface area contributed by atoms with Crippen molar-refractivity contribution >= 4 is 6.21 Å². The Morgan fingerprint density at radius 1 is 1.12 bits per heavy atom. The van der Waals surface area contributed by atoms with Crippen molar-refractivity contribution in [3.63, 3.8) is 0 Å². The number of piperidine rings is 1. The van der Waals surface area contributed by atoms with Gasteiger partial charge in [-0.2, -0.15) is 0 Å². The van der Waals surface area contributed by atoms with Crippen molar-refractivity contribution in [2.45, 2.75) is 50.7 Å². The summed E-state index contributed by atoms with van der Waals surface area (Å²) in [6.45, 7) is 5.21. The van der Waals surface area contributed by atoms with E-state index in [2.05, 4.69) is 32.3 Å². The third kappa shape index (κ3) is 6.03. The molecule has 1 atom stereocenters. The van der Waals surface area contributed by atoms with Crippen molar-refractivity contribution in [3.8, 4) is 5.75 Å². The number of hydrogen-bond donors (Lipinski definition) is 5. The Morgan fingerprint density at radius 3 is 2.69 bits per heavy atom. The van der Waals surface area contributed by atoms with E-state index in [-0.39, 0.29) is 0 Å². The number of methoxy groups -OCH3 is 1. The maximum Gasteiger partial charge on any atom is 0.210 e. The van der Waals surface area contributed by atoms with Crippen LogP contribution in [0.25, 0.3) is 0 Å². The van der Waals surface area contributed by atoms with Gasteiger partial charge in [0.25, 0.3) is 0 Å². The third-order valence-corrected chi connectivity index (χ3v) is 7.08. The van der Waals surface area contributed by atoms with Crippen LogP contribution < -0.4 is 31.7 Å². The minimum atomic E-state index is -0.983. The lowest BCUT2D eigenvalue weighted by Crippen LogP contribution is -2.52. The summed E-state index contributed by atoms with van der Waals surface area (Å²) in [7, 11) is 1.73. The molecule has 6 N–H and O–H groups in total. The minimum absolute atomic E-state index is 0.689. The molecule has 1 aromatic carbocycles. The standard InChI is InChI=1S/C25H40N6O/c1-32-23-7-6-22(16-21(23)10-14-28-17-19-4-2-3-5-19)25(26)30-15-11-24(31-25)29-18-20-8-12-27-13-9-20/h6-7,11,15-16,19-20,27-29,31H,2-5,8-10,12-14,17-18,26H2,1H3. The van der Waals surface area contributed by atoms with Gasteiger partial charge in [0.15, 0.2) is 0 Å². The first-order valence-electron chi connectivity index (χ1n) is 12.3. The predicted molar refractivity (Wildman–Crippen MR) is 131 cm³/mol. The Balaban J connectivity index is 1.35. The molecule has 4 rings (SSSR count). The summed E-state index contributed by atoms with van der Waals surface area (Å²) in [4.78, 5) is 4.58. The van der Waals surface area contributed by atoms with E-state index in [1.54, 1.807) is 13.3 Å². The predicted octanol–water partition coefficient (Wildman–Crippen LogP) is 2.19. The molecule has 1 saturated carbocycles. The molecule has 0 aromatic heterocycles. The number of nitrogens with one attached hydrogen (secondary N) is 4. The second kappa shape index (κ2) is 11.2. The highest BCUT2D eigenvalue weighted by Crippen LogP contribution is 2.27. The maximum absolute atomic E-state index is 6.72. The fourth-order valence-electron chi connectivity index (χ4n) is 5.05. The van der Waals surface area contributed by atoms with E-state index in [4.69, 9.17) is 10.5 Å². The Kier molecular flexibility index (Phi) is 8.05. The van der Waals surface area contributed by atoms with Gasteiger partial charge in [-0.25, -0.2) is 4.99 Å². The Labute approximate surface area is 192 Å². The molecular weight excluding hydrogens is 400 g/mol. The fourth-order valence-corrected chi connectivity index (χ4v) is 5.05. The van der Waals surface area contributed by atoms with E-state index in [0.717, 1.165) is 67.8 Å². The zero-order valence-electron chi connectivity index (χ0n) is 19.5. The summed E-state index contributed by atoms with van der Waals surface area (Å²) in [5.74, 6) is 2.38. The second-order valence-corrected chi connectivity index (χ2v) is 9.46. The van der Waals surface area contributed by atoms with Crippen LogP contribution in [0.5, 0.6) is 5.75 Å². The van der Waals surface area contributed by atoms with E-state index >= 15 is 0 Å². The molecule has 0 bridgehead atoms. The largest absolute Gasteiger partial charge is 0.496 e. The lowest BCUT2D eigenvalue weighted by molar-refractivity contribution is 0.342. The number of nitrogens with zero attached hydrogens (tertiary/aromatic N) is 1. The topological polar surface area (TPSA) is 95.7 Å². The Morgan fingerprint density at radius 2 is 1.91 bits per heavy atom. The molecule has 0 radical (unpaired) electrons. The van der Waals surface area contributed by atoms with Crippen LogP contribution in [0.2, 0.25) is 0 Å². The average Bonchev–Trinajstić information content (AvgIpc) is 3.35. The van der Waals surface area contributed by atoms with Crippen LogP contribution in [0, 0.1) is 11.8 Å². The zero-order chi connectivity index (χ0) is 22.2. The van der Waals surface area contributed by atoms with E-state index in [9.17, 15) is 0 Å². The summed E-state index contributed by atoms with van der Waals surface area (Å²) >= 11 is 0. The maximum atomic E-state index is 6.72. The number of ether oxygens (including phenoxy) is 1. The van der Waals surface area contributed by atoms with Gasteiger partial charge in [0.05, 0.1) is 7.11 Å². The quantitative estimate of drug-likeness (QED) is 0.358. The molecule has 32 heavy (non-hydrogen) atoms. The number of allylic oxidation sites excluding steroid dienone is 1. The second-order valence-electron chi connectivity index (χ2n) is 9.46. The first kappa shape index (κ1) is 23.1. The van der Waals surface area contributed by atoms with Gasteiger partial charge in [-0.3, -0.25) is 5.73 Å². The Bertz CT molecular complexity index is 798. The number of aliphatic imine (C=N–C) groups is 1. The van der Waals surface area contributed by atoms with E-state index < -0.39 is 5.79 Å². The highest BCUT2D eigenvalue weighted by Gasteiger charge is 2.29. The van der Waals surface area contributed by atoms with Crippen LogP contribution in [-0.4, -0.2) is 46.0 Å². The number of hydrogen-bond acceptors (Lipinski definition) is 7. The normalized spacial score (nSPS) is 24.2. The highest BCUT2D eigenvalue weighted by molar-refractivity contribution is 5.73. The van der Waals surface area contributed by atoms with Gasteiger partial charge in [0, 0.05) is 18.3 Å². The molecular formula is C25H40N6O. The summed E-state index contributed by atoms with van der Waals surface area (Å²) in [5, 5.41) is 14.0. The minimum Gasteiger partial charge on any atom is -0.496 e. The first-order chi connectivity index (χ1) is 15.7. The Hall–Kier alpha value is -2.09. The van der Waals surface area contributed by atoms with Crippen LogP contribution in [0.1, 0.15) is 49.7 Å². The lowest BCUT2D eigenvalue weighted by Gasteiger charge is -2.33. The van der Waals surface area contributed by atoms with Crippen LogP contribution in [0.15, 0.2) is 35.1 Å². The van der Waals surface area contributed by atoms with E-state index in [1.165, 1.54) is 38.5 Å². The van der Waals surface area contributed by atoms with Crippen molar-refractivity contribution in [2.75, 3.05) is 39.8 Å². The molecule has 1 unspecified atom stereocenters. The summed E-state index contributed by atoms with van der Waals surface area (Å²) in [5.41, 5.74) is 8.82. The molecule has 0 amide bonds. The third-order valence-electron chi connectivity index (χ3n) is 7.08. The van der Waals surface area contributed by atoms with E-state index in [1.807, 2.05) is 18.2 Å². The van der Waals surface area contributed by atoms with Gasteiger partial charge in [-0.1, -0.05) is 12.8 Å². The molecule has 1 saturated heterocycles. The molecule has 1 aliphatic carbocycles. The first-order valence-corrected chi connectivity index (χ1v) is 12.3. The summed E-state index contributed by atoms with van der Waals surface area (Å²) < 4.78 is 5.62. The molecule has 2 aliphatic heterocycles. The number of rotatable bonds is 10. The van der Waals surface area contributed by atoms with Gasteiger partial charge in [0.1, 0.15) is 11.6 Å². The van der Waals surface area contributed by atoms with Gasteiger partial charge in [0.2, 0.25) is 5.79 Å². The van der Waals surface area contributed by atoms with Gasteiger partial charge in [-0.05, 0) is 100.0 Å². The fraction of sp³-hybridized carbons (Fsp3) is 0.640. The van der Waals surface area contributed by atoms with Crippen molar-refractivity contribution < 1.29 is 4.74 Å². The van der Waals surface area contributed by atoms with Crippen LogP contribution >= 0.6 is 0 Å². The summed E-state index contributed by atoms with van der Waals surface area (Å²) in [6.07, 6.45) is 12.6. The molecule has 2 fully saturated rings. The number of nitrogens with two attached hydrogens (primary N) is 1. The van der Waals surface area contributed by atoms with E-state index in [0.29, 0.717) is 5.92 Å². The average molecular weight is 441 g/mol. The monoisotopic (exact) mass is 440 g/mol. The van der Waals surface area contributed by atoms with Gasteiger partial charge in [-0.15, -0.1) is 0 Å². The van der Waals surface area contributed by atoms with Crippen molar-refractivity contribution in [2.24, 2.45) is 22.6 Å². The highest BCUT2D eigenvalue weighted by atomic mass is 16.5. The SMILES string of the molecule is COc1ccc(C2(N)N=CC=C(NCC3CCNCC3)N2)cc1CCNCC1CCCC1. The zero-order valence-corrected chi connectivity index (χ0v) is 19.5. The van der Waals surface area contributed by atoms with Crippen LogP contribution in [0.3, 0.4) is 0 Å². The molecule has 7 nitrogen and oxygen atoms in total. The lowest BCUT2D eigenvalue weighted by atomic mass is 9.98. The smallest absolute Gasteiger partial charge is 0.210 e. The van der Waals surface area contributed by atoms with Crippen LogP contribution in [0.4, 0.5) is 0 Å². The molecule has 176 valence electrons. The molecule has 1 aromatic rings. The molecule has 3 aliphatic rings. The number of benzene rings is 1. The van der Waals surface area contributed by atoms with Gasteiger partial charge >= 0.3 is 0 Å². The van der Waals surface area contributed by atoms with Crippen molar-refractivity contribution in [1.29, 1.82) is 0 Å². The summed E-state index contributed by atoms with van der Waals surface area (Å²) in [6, 6.07) is 6.15. The van der Waals surface area contributed by atoms with Crippen molar-refractivity contribution in [3.05, 3.63) is 41.2 Å². The molecule has 0 spiro atoms. The molecule has 7 heteroatoms. The van der Waals surface area contributed by atoms with Crippen LogP contribution in [-0.2, 0) is 12.2 Å².